The highest BCUT2D eigenvalue weighted by molar-refractivity contribution is 6.17. The molecule has 0 atom stereocenters. The van der Waals surface area contributed by atoms with E-state index in [-0.39, 0.29) is 17.2 Å². The van der Waals surface area contributed by atoms with Gasteiger partial charge in [0.1, 0.15) is 0 Å². The lowest BCUT2D eigenvalue weighted by molar-refractivity contribution is -0.132. The van der Waals surface area contributed by atoms with Gasteiger partial charge < -0.3 is 5.73 Å². The van der Waals surface area contributed by atoms with E-state index in [9.17, 15) is 9.59 Å². The number of carbonyl (C=O) groups is 2. The molecule has 1 aromatic carbocycles. The SMILES string of the molecule is Cc1ccc(N)cc1N1C(=O)CC(C)(C)CC1=O. The molecule has 1 aliphatic rings. The van der Waals surface area contributed by atoms with E-state index in [1.807, 2.05) is 26.8 Å². The average Bonchev–Trinajstić information content (AvgIpc) is 2.20. The van der Waals surface area contributed by atoms with E-state index in [2.05, 4.69) is 0 Å². The number of benzene rings is 1. The molecule has 2 N–H and O–H groups in total. The van der Waals surface area contributed by atoms with Crippen LogP contribution in [0.2, 0.25) is 0 Å². The molecule has 1 fully saturated rings. The number of hydrogen-bond donors (Lipinski definition) is 1. The summed E-state index contributed by atoms with van der Waals surface area (Å²) in [6.07, 6.45) is 0.764. The summed E-state index contributed by atoms with van der Waals surface area (Å²) < 4.78 is 0. The molecule has 2 rings (SSSR count). The number of amides is 2. The van der Waals surface area contributed by atoms with Gasteiger partial charge in [-0.3, -0.25) is 14.5 Å². The number of imide groups is 1. The first-order valence-corrected chi connectivity index (χ1v) is 6.02. The van der Waals surface area contributed by atoms with E-state index in [4.69, 9.17) is 5.73 Å². The summed E-state index contributed by atoms with van der Waals surface area (Å²) in [5.74, 6) is -0.296. The zero-order valence-corrected chi connectivity index (χ0v) is 11.0. The molecule has 18 heavy (non-hydrogen) atoms. The zero-order chi connectivity index (χ0) is 13.5. The molecule has 1 saturated heterocycles. The molecular weight excluding hydrogens is 228 g/mol. The summed E-state index contributed by atoms with van der Waals surface area (Å²) in [6, 6.07) is 5.27. The van der Waals surface area contributed by atoms with Crippen molar-refractivity contribution < 1.29 is 9.59 Å². The van der Waals surface area contributed by atoms with Gasteiger partial charge in [0.2, 0.25) is 11.8 Å². The fourth-order valence-corrected chi connectivity index (χ4v) is 2.31. The van der Waals surface area contributed by atoms with Crippen molar-refractivity contribution in [3.63, 3.8) is 0 Å². The third-order valence-electron chi connectivity index (χ3n) is 3.23. The number of aryl methyl sites for hydroxylation is 1. The summed E-state index contributed by atoms with van der Waals surface area (Å²) in [4.78, 5) is 25.6. The molecule has 0 aliphatic carbocycles. The fourth-order valence-electron chi connectivity index (χ4n) is 2.31. The summed E-state index contributed by atoms with van der Waals surface area (Å²) in [6.45, 7) is 5.74. The monoisotopic (exact) mass is 246 g/mol. The van der Waals surface area contributed by atoms with Crippen molar-refractivity contribution >= 4 is 23.2 Å². The maximum Gasteiger partial charge on any atom is 0.234 e. The first-order chi connectivity index (χ1) is 8.30. The van der Waals surface area contributed by atoms with Crippen molar-refractivity contribution in [3.8, 4) is 0 Å². The second kappa shape index (κ2) is 4.12. The minimum atomic E-state index is -0.251. The lowest BCUT2D eigenvalue weighted by Crippen LogP contribution is -2.46. The Hall–Kier alpha value is -1.84. The first kappa shape index (κ1) is 12.6. The molecule has 96 valence electrons. The number of anilines is 2. The maximum absolute atomic E-state index is 12.1. The highest BCUT2D eigenvalue weighted by atomic mass is 16.2. The van der Waals surface area contributed by atoms with Gasteiger partial charge in [-0.1, -0.05) is 19.9 Å². The molecule has 1 heterocycles. The van der Waals surface area contributed by atoms with Crippen LogP contribution < -0.4 is 10.6 Å². The highest BCUT2D eigenvalue weighted by Crippen LogP contribution is 2.35. The predicted octanol–water partition coefficient (Wildman–Crippen LogP) is 2.26. The second-order valence-corrected chi connectivity index (χ2v) is 5.69. The van der Waals surface area contributed by atoms with Crippen LogP contribution in [-0.2, 0) is 9.59 Å². The van der Waals surface area contributed by atoms with Gasteiger partial charge >= 0.3 is 0 Å². The van der Waals surface area contributed by atoms with Crippen LogP contribution in [0, 0.1) is 12.3 Å². The van der Waals surface area contributed by atoms with Crippen molar-refractivity contribution in [2.24, 2.45) is 5.41 Å². The van der Waals surface area contributed by atoms with Gasteiger partial charge in [0.05, 0.1) is 5.69 Å². The van der Waals surface area contributed by atoms with E-state index >= 15 is 0 Å². The smallest absolute Gasteiger partial charge is 0.234 e. The molecular formula is C14H18N2O2. The Morgan fingerprint density at radius 3 is 2.28 bits per heavy atom. The predicted molar refractivity (Wildman–Crippen MR) is 71.1 cm³/mol. The fraction of sp³-hybridized carbons (Fsp3) is 0.429. The van der Waals surface area contributed by atoms with Gasteiger partial charge in [0.15, 0.2) is 0 Å². The molecule has 1 aliphatic heterocycles. The molecule has 0 aromatic heterocycles. The van der Waals surface area contributed by atoms with E-state index in [0.29, 0.717) is 24.2 Å². The van der Waals surface area contributed by atoms with Crippen molar-refractivity contribution in [3.05, 3.63) is 23.8 Å². The average molecular weight is 246 g/mol. The van der Waals surface area contributed by atoms with Gasteiger partial charge in [-0.2, -0.15) is 0 Å². The normalized spacial score (nSPS) is 19.2. The quantitative estimate of drug-likeness (QED) is 0.610. The van der Waals surface area contributed by atoms with Crippen LogP contribution >= 0.6 is 0 Å². The Kier molecular flexibility index (Phi) is 2.89. The maximum atomic E-state index is 12.1. The number of hydrogen-bond acceptors (Lipinski definition) is 3. The minimum Gasteiger partial charge on any atom is -0.399 e. The third kappa shape index (κ3) is 2.23. The van der Waals surface area contributed by atoms with Gasteiger partial charge in [-0.05, 0) is 30.0 Å². The molecule has 0 bridgehead atoms. The van der Waals surface area contributed by atoms with E-state index in [0.717, 1.165) is 5.56 Å². The first-order valence-electron chi connectivity index (χ1n) is 6.02. The van der Waals surface area contributed by atoms with Crippen LogP contribution in [0.5, 0.6) is 0 Å². The number of rotatable bonds is 1. The molecule has 4 heteroatoms. The number of nitrogens with zero attached hydrogens (tertiary/aromatic N) is 1. The molecule has 1 aromatic rings. The Morgan fingerprint density at radius 2 is 1.72 bits per heavy atom. The van der Waals surface area contributed by atoms with Crippen molar-refractivity contribution in [2.45, 2.75) is 33.6 Å². The highest BCUT2D eigenvalue weighted by Gasteiger charge is 2.38. The summed E-state index contributed by atoms with van der Waals surface area (Å²) in [5.41, 5.74) is 7.53. The van der Waals surface area contributed by atoms with Crippen molar-refractivity contribution in [1.82, 2.24) is 0 Å². The summed E-state index contributed by atoms with van der Waals surface area (Å²) >= 11 is 0. The van der Waals surface area contributed by atoms with Gasteiger partial charge in [0.25, 0.3) is 0 Å². The van der Waals surface area contributed by atoms with E-state index in [1.165, 1.54) is 4.90 Å². The Morgan fingerprint density at radius 1 is 1.17 bits per heavy atom. The van der Waals surface area contributed by atoms with E-state index < -0.39 is 0 Å². The molecule has 0 unspecified atom stereocenters. The summed E-state index contributed by atoms with van der Waals surface area (Å²) in [5, 5.41) is 0. The van der Waals surface area contributed by atoms with E-state index in [1.54, 1.807) is 12.1 Å². The van der Waals surface area contributed by atoms with Gasteiger partial charge in [-0.15, -0.1) is 0 Å². The number of nitrogens with two attached hydrogens (primary N) is 1. The van der Waals surface area contributed by atoms with Crippen LogP contribution in [0.4, 0.5) is 11.4 Å². The lowest BCUT2D eigenvalue weighted by atomic mass is 9.81. The van der Waals surface area contributed by atoms with Crippen molar-refractivity contribution in [2.75, 3.05) is 10.6 Å². The van der Waals surface area contributed by atoms with Crippen LogP contribution in [0.25, 0.3) is 0 Å². The topological polar surface area (TPSA) is 63.4 Å². The van der Waals surface area contributed by atoms with Gasteiger partial charge in [-0.25, -0.2) is 0 Å². The lowest BCUT2D eigenvalue weighted by Gasteiger charge is -2.35. The van der Waals surface area contributed by atoms with Gasteiger partial charge in [0, 0.05) is 18.5 Å². The molecule has 0 spiro atoms. The largest absolute Gasteiger partial charge is 0.399 e. The Balaban J connectivity index is 2.42. The van der Waals surface area contributed by atoms with Crippen LogP contribution in [0.1, 0.15) is 32.3 Å². The number of piperidine rings is 1. The van der Waals surface area contributed by atoms with Crippen LogP contribution in [0.15, 0.2) is 18.2 Å². The molecule has 4 nitrogen and oxygen atoms in total. The molecule has 0 saturated carbocycles. The summed E-state index contributed by atoms with van der Waals surface area (Å²) in [7, 11) is 0. The second-order valence-electron chi connectivity index (χ2n) is 5.69. The minimum absolute atomic E-state index is 0.148. The third-order valence-corrected chi connectivity index (χ3v) is 3.23. The Labute approximate surface area is 107 Å². The number of nitrogen functional groups attached to an aromatic ring is 1. The molecule has 2 amide bonds. The molecule has 0 radical (unpaired) electrons. The number of carbonyl (C=O) groups excluding carboxylic acids is 2. The van der Waals surface area contributed by atoms with Crippen molar-refractivity contribution in [1.29, 1.82) is 0 Å². The Bertz CT molecular complexity index is 501. The van der Waals surface area contributed by atoms with Crippen LogP contribution in [-0.4, -0.2) is 11.8 Å². The zero-order valence-electron chi connectivity index (χ0n) is 11.0. The standard InChI is InChI=1S/C14H18N2O2/c1-9-4-5-10(15)6-11(9)16-12(17)7-14(2,3)8-13(16)18/h4-6H,7-8,15H2,1-3H3. The van der Waals surface area contributed by atoms with Crippen LogP contribution in [0.3, 0.4) is 0 Å².